The Kier molecular flexibility index (Phi) is 7.80. The molecule has 0 aromatic carbocycles. The first-order valence-corrected chi connectivity index (χ1v) is 10.3. The van der Waals surface area contributed by atoms with Gasteiger partial charge in [0.25, 0.3) is 0 Å². The van der Waals surface area contributed by atoms with Gasteiger partial charge in [0.05, 0.1) is 12.8 Å². The Balaban J connectivity index is 2.25. The topological polar surface area (TPSA) is 116 Å². The number of rotatable bonds is 3. The minimum absolute atomic E-state index is 0.0770. The van der Waals surface area contributed by atoms with E-state index >= 15 is 0 Å². The molecule has 2 rings (SSSR count). The number of carbonyl (C=O) groups excluding carboxylic acids is 2. The third kappa shape index (κ3) is 8.39. The van der Waals surface area contributed by atoms with E-state index in [9.17, 15) is 9.59 Å². The van der Waals surface area contributed by atoms with Crippen molar-refractivity contribution >= 4 is 24.5 Å². The molecular weight excluding hydrogens is 402 g/mol. The highest BCUT2D eigenvalue weighted by Crippen LogP contribution is 2.25. The van der Waals surface area contributed by atoms with Gasteiger partial charge >= 0.3 is 12.2 Å². The van der Waals surface area contributed by atoms with Crippen molar-refractivity contribution in [3.05, 3.63) is 17.5 Å². The summed E-state index contributed by atoms with van der Waals surface area (Å²) in [6, 6.07) is 0. The predicted octanol–water partition coefficient (Wildman–Crippen LogP) is 3.33. The number of aromatic nitrogens is 2. The lowest BCUT2D eigenvalue weighted by Crippen LogP contribution is -2.40. The standard InChI is InChI=1S/C21H33N5O5/c1-20(2,3)30-18(27)23-17(24-19(28)31-21(4,5)6)26-12-15-10-14(11-22-13-29-7)8-9-16(15)25-26/h12-14H,8-11H2,1-7H3,(H,23,24,27,28)/b22-13+. The molecule has 0 radical (unpaired) electrons. The molecule has 0 aliphatic heterocycles. The highest BCUT2D eigenvalue weighted by Gasteiger charge is 2.25. The summed E-state index contributed by atoms with van der Waals surface area (Å²) in [5.74, 6) is 0.286. The lowest BCUT2D eigenvalue weighted by Gasteiger charge is -2.20. The van der Waals surface area contributed by atoms with Gasteiger partial charge in [-0.2, -0.15) is 5.10 Å². The van der Waals surface area contributed by atoms with E-state index in [0.29, 0.717) is 12.5 Å². The Hall–Kier alpha value is -2.91. The summed E-state index contributed by atoms with van der Waals surface area (Å²) >= 11 is 0. The second-order valence-electron chi connectivity index (χ2n) is 9.40. The van der Waals surface area contributed by atoms with Crippen molar-refractivity contribution in [1.29, 1.82) is 0 Å². The average molecular weight is 436 g/mol. The summed E-state index contributed by atoms with van der Waals surface area (Å²) in [6.07, 6.45) is 4.11. The van der Waals surface area contributed by atoms with E-state index in [0.717, 1.165) is 30.5 Å². The summed E-state index contributed by atoms with van der Waals surface area (Å²) in [7, 11) is 1.57. The van der Waals surface area contributed by atoms with E-state index in [4.69, 9.17) is 14.2 Å². The predicted molar refractivity (Wildman–Crippen MR) is 117 cm³/mol. The lowest BCUT2D eigenvalue weighted by molar-refractivity contribution is 0.0560. The van der Waals surface area contributed by atoms with E-state index < -0.39 is 23.4 Å². The van der Waals surface area contributed by atoms with Crippen LogP contribution >= 0.6 is 0 Å². The van der Waals surface area contributed by atoms with Gasteiger partial charge in [0, 0.05) is 12.7 Å². The molecule has 10 heteroatoms. The Morgan fingerprint density at radius 2 is 1.90 bits per heavy atom. The fraction of sp³-hybridized carbons (Fsp3) is 0.667. The van der Waals surface area contributed by atoms with Crippen molar-refractivity contribution < 1.29 is 23.8 Å². The smallest absolute Gasteiger partial charge is 0.437 e. The second kappa shape index (κ2) is 9.93. The van der Waals surface area contributed by atoms with Gasteiger partial charge in [-0.05, 0) is 72.3 Å². The number of aryl methyl sites for hydroxylation is 1. The minimum atomic E-state index is -0.834. The van der Waals surface area contributed by atoms with Crippen LogP contribution in [0.5, 0.6) is 0 Å². The van der Waals surface area contributed by atoms with Gasteiger partial charge in [-0.15, -0.1) is 4.99 Å². The number of nitrogens with one attached hydrogen (secondary N) is 1. The number of fused-ring (bicyclic) bond motifs is 1. The molecule has 2 amide bonds. The molecule has 172 valence electrons. The molecule has 0 saturated heterocycles. The van der Waals surface area contributed by atoms with Crippen molar-refractivity contribution in [2.75, 3.05) is 13.7 Å². The van der Waals surface area contributed by atoms with Crippen LogP contribution in [-0.4, -0.2) is 59.2 Å². The number of aliphatic imine (C=N–C) groups is 2. The number of hydrogen-bond donors (Lipinski definition) is 1. The minimum Gasteiger partial charge on any atom is -0.487 e. The quantitative estimate of drug-likeness (QED) is 0.575. The van der Waals surface area contributed by atoms with Crippen molar-refractivity contribution in [3.8, 4) is 0 Å². The summed E-state index contributed by atoms with van der Waals surface area (Å²) in [4.78, 5) is 32.8. The van der Waals surface area contributed by atoms with Crippen LogP contribution in [0.15, 0.2) is 16.2 Å². The Bertz CT molecular complexity index is 845. The van der Waals surface area contributed by atoms with Crippen LogP contribution in [0.25, 0.3) is 0 Å². The van der Waals surface area contributed by atoms with Crippen LogP contribution in [0.4, 0.5) is 9.59 Å². The lowest BCUT2D eigenvalue weighted by atomic mass is 9.88. The number of alkyl carbamates (subject to hydrolysis) is 1. The van der Waals surface area contributed by atoms with Gasteiger partial charge in [0.2, 0.25) is 5.96 Å². The van der Waals surface area contributed by atoms with Crippen LogP contribution in [0, 0.1) is 5.92 Å². The first-order chi connectivity index (χ1) is 14.4. The largest absolute Gasteiger partial charge is 0.487 e. The molecule has 1 heterocycles. The van der Waals surface area contributed by atoms with E-state index in [2.05, 4.69) is 20.4 Å². The van der Waals surface area contributed by atoms with Crippen molar-refractivity contribution in [2.45, 2.75) is 72.0 Å². The maximum Gasteiger partial charge on any atom is 0.437 e. The summed E-state index contributed by atoms with van der Waals surface area (Å²) < 4.78 is 16.8. The number of amides is 2. The molecule has 1 unspecified atom stereocenters. The first-order valence-electron chi connectivity index (χ1n) is 10.3. The van der Waals surface area contributed by atoms with Crippen molar-refractivity contribution in [3.63, 3.8) is 0 Å². The summed E-state index contributed by atoms with van der Waals surface area (Å²) in [5.41, 5.74) is 0.485. The van der Waals surface area contributed by atoms with Crippen LogP contribution < -0.4 is 5.32 Å². The zero-order valence-electron chi connectivity index (χ0n) is 19.4. The zero-order valence-corrected chi connectivity index (χ0v) is 19.4. The third-order valence-corrected chi connectivity index (χ3v) is 4.14. The highest BCUT2D eigenvalue weighted by molar-refractivity contribution is 5.99. The van der Waals surface area contributed by atoms with Crippen LogP contribution in [-0.2, 0) is 27.1 Å². The number of hydrogen-bond acceptors (Lipinski definition) is 7. The van der Waals surface area contributed by atoms with E-state index in [1.54, 1.807) is 54.8 Å². The molecule has 1 atom stereocenters. The van der Waals surface area contributed by atoms with Crippen LogP contribution in [0.1, 0.15) is 59.2 Å². The normalized spacial score (nSPS) is 17.3. The number of ether oxygens (including phenoxy) is 3. The number of methoxy groups -OCH3 is 1. The van der Waals surface area contributed by atoms with Gasteiger partial charge in [-0.1, -0.05) is 0 Å². The molecule has 1 aromatic heterocycles. The van der Waals surface area contributed by atoms with Crippen LogP contribution in [0.2, 0.25) is 0 Å². The number of nitrogens with zero attached hydrogens (tertiary/aromatic N) is 4. The molecule has 1 N–H and O–H groups in total. The molecule has 0 saturated carbocycles. The molecule has 0 spiro atoms. The molecule has 0 fully saturated rings. The Labute approximate surface area is 183 Å². The Morgan fingerprint density at radius 1 is 1.23 bits per heavy atom. The molecule has 0 bridgehead atoms. The van der Waals surface area contributed by atoms with Gasteiger partial charge in [0.15, 0.2) is 6.40 Å². The second-order valence-corrected chi connectivity index (χ2v) is 9.40. The van der Waals surface area contributed by atoms with Gasteiger partial charge in [-0.3, -0.25) is 10.3 Å². The maximum atomic E-state index is 12.3. The van der Waals surface area contributed by atoms with Crippen LogP contribution in [0.3, 0.4) is 0 Å². The van der Waals surface area contributed by atoms with Crippen molar-refractivity contribution in [1.82, 2.24) is 15.1 Å². The first kappa shape index (κ1) is 24.4. The zero-order chi connectivity index (χ0) is 23.2. The molecule has 1 aliphatic rings. The fourth-order valence-corrected chi connectivity index (χ4v) is 3.01. The SMILES string of the molecule is CO/C=N/CC1CCc2nn(/C(=N\C(=O)OC(C)(C)C)NC(=O)OC(C)(C)C)cc2C1. The molecule has 31 heavy (non-hydrogen) atoms. The monoisotopic (exact) mass is 435 g/mol. The number of carbonyl (C=O) groups is 2. The van der Waals surface area contributed by atoms with Gasteiger partial charge in [-0.25, -0.2) is 14.3 Å². The van der Waals surface area contributed by atoms with Gasteiger partial charge in [0.1, 0.15) is 11.2 Å². The van der Waals surface area contributed by atoms with Crippen molar-refractivity contribution in [2.24, 2.45) is 15.9 Å². The average Bonchev–Trinajstić information content (AvgIpc) is 3.01. The molecule has 1 aliphatic carbocycles. The molecular formula is C21H33N5O5. The molecule has 1 aromatic rings. The highest BCUT2D eigenvalue weighted by atomic mass is 16.6. The van der Waals surface area contributed by atoms with Gasteiger partial charge < -0.3 is 14.2 Å². The maximum absolute atomic E-state index is 12.3. The summed E-state index contributed by atoms with van der Waals surface area (Å²) in [5, 5.41) is 7.04. The van der Waals surface area contributed by atoms with E-state index in [1.807, 2.05) is 0 Å². The van der Waals surface area contributed by atoms with E-state index in [1.165, 1.54) is 11.1 Å². The molecule has 10 nitrogen and oxygen atoms in total. The van der Waals surface area contributed by atoms with E-state index in [-0.39, 0.29) is 5.96 Å². The Morgan fingerprint density at radius 3 is 2.52 bits per heavy atom. The third-order valence-electron chi connectivity index (χ3n) is 4.14. The summed E-state index contributed by atoms with van der Waals surface area (Å²) in [6.45, 7) is 11.1. The fourth-order valence-electron chi connectivity index (χ4n) is 3.01.